The Morgan fingerprint density at radius 2 is 0.735 bits per heavy atom. The zero-order valence-corrected chi connectivity index (χ0v) is 28.1. The Kier molecular flexibility index (Phi) is 6.56. The fourth-order valence-corrected chi connectivity index (χ4v) is 6.67. The summed E-state index contributed by atoms with van der Waals surface area (Å²) in [5, 5.41) is 0. The number of rotatable bonds is 6. The molecule has 0 saturated heterocycles. The number of hydrogen-bond donors (Lipinski definition) is 4. The number of imidazole rings is 4. The highest BCUT2D eigenvalue weighted by atomic mass is 14.9. The number of aromatic amines is 4. The van der Waals surface area contributed by atoms with Crippen molar-refractivity contribution in [1.82, 2.24) is 39.9 Å². The lowest BCUT2D eigenvalue weighted by molar-refractivity contribution is 0.799. The minimum absolute atomic E-state index is 0.352. The van der Waals surface area contributed by atoms with E-state index in [1.807, 2.05) is 0 Å². The van der Waals surface area contributed by atoms with Gasteiger partial charge in [0.05, 0.1) is 44.1 Å². The minimum atomic E-state index is 0.352. The van der Waals surface area contributed by atoms with Crippen LogP contribution in [0.2, 0.25) is 0 Å². The van der Waals surface area contributed by atoms with E-state index in [9.17, 15) is 0 Å². The number of fused-ring (bicyclic) bond motifs is 4. The Hall–Kier alpha value is -6.02. The molecule has 9 aromatic rings. The second-order valence-electron chi connectivity index (χ2n) is 13.7. The first-order valence-electron chi connectivity index (χ1n) is 16.9. The van der Waals surface area contributed by atoms with Gasteiger partial charge in [0.15, 0.2) is 0 Å². The number of H-pyrrole nitrogens is 4. The third-order valence-corrected chi connectivity index (χ3v) is 9.35. The predicted molar refractivity (Wildman–Crippen MR) is 200 cm³/mol. The van der Waals surface area contributed by atoms with Gasteiger partial charge in [0, 0.05) is 23.0 Å². The van der Waals surface area contributed by atoms with Gasteiger partial charge in [0.25, 0.3) is 0 Å². The Morgan fingerprint density at radius 1 is 0.388 bits per heavy atom. The molecule has 4 N–H and O–H groups in total. The fourth-order valence-electron chi connectivity index (χ4n) is 6.67. The molecule has 9 rings (SSSR count). The Labute approximate surface area is 283 Å². The second-order valence-corrected chi connectivity index (χ2v) is 13.7. The van der Waals surface area contributed by atoms with Crippen LogP contribution < -0.4 is 0 Å². The molecule has 49 heavy (non-hydrogen) atoms. The Bertz CT molecular complexity index is 2520. The predicted octanol–water partition coefficient (Wildman–Crippen LogP) is 10.4. The van der Waals surface area contributed by atoms with Crippen LogP contribution >= 0.6 is 0 Å². The van der Waals surface area contributed by atoms with Crippen LogP contribution in [-0.2, 0) is 0 Å². The summed E-state index contributed by atoms with van der Waals surface area (Å²) in [7, 11) is 0. The summed E-state index contributed by atoms with van der Waals surface area (Å²) in [4.78, 5) is 33.5. The third kappa shape index (κ3) is 5.17. The lowest BCUT2D eigenvalue weighted by Crippen LogP contribution is -1.88. The van der Waals surface area contributed by atoms with Crippen LogP contribution in [0.15, 0.2) is 91.0 Å². The molecule has 5 aromatic carbocycles. The number of aryl methyl sites for hydroxylation is 1. The van der Waals surface area contributed by atoms with Gasteiger partial charge in [-0.25, -0.2) is 19.9 Å². The van der Waals surface area contributed by atoms with Crippen LogP contribution in [0.3, 0.4) is 0 Å². The van der Waals surface area contributed by atoms with Gasteiger partial charge in [-0.1, -0.05) is 52.0 Å². The van der Waals surface area contributed by atoms with Crippen molar-refractivity contribution in [2.45, 2.75) is 46.5 Å². The van der Waals surface area contributed by atoms with Crippen LogP contribution in [0, 0.1) is 6.92 Å². The van der Waals surface area contributed by atoms with Crippen molar-refractivity contribution in [2.24, 2.45) is 0 Å². The summed E-state index contributed by atoms with van der Waals surface area (Å²) >= 11 is 0. The molecule has 240 valence electrons. The molecule has 8 heteroatoms. The molecule has 0 atom stereocenters. The molecule has 0 amide bonds. The first-order chi connectivity index (χ1) is 23.7. The van der Waals surface area contributed by atoms with E-state index in [2.05, 4.69) is 146 Å². The van der Waals surface area contributed by atoms with Crippen LogP contribution in [0.5, 0.6) is 0 Å². The van der Waals surface area contributed by atoms with Gasteiger partial charge in [-0.15, -0.1) is 0 Å². The quantitative estimate of drug-likeness (QED) is 0.145. The van der Waals surface area contributed by atoms with Gasteiger partial charge in [-0.2, -0.15) is 0 Å². The first kappa shape index (κ1) is 29.1. The number of nitrogens with one attached hydrogen (secondary N) is 4. The lowest BCUT2D eigenvalue weighted by atomic mass is 10.0. The van der Waals surface area contributed by atoms with E-state index in [-0.39, 0.29) is 0 Å². The van der Waals surface area contributed by atoms with Crippen LogP contribution in [0.4, 0.5) is 0 Å². The molecular formula is C41H36N8. The second kappa shape index (κ2) is 11.0. The molecule has 0 bridgehead atoms. The van der Waals surface area contributed by atoms with Crippen molar-refractivity contribution in [3.63, 3.8) is 0 Å². The summed E-state index contributed by atoms with van der Waals surface area (Å²) in [6.45, 7) is 10.7. The maximum Gasteiger partial charge on any atom is 0.138 e. The third-order valence-electron chi connectivity index (χ3n) is 9.35. The maximum absolute atomic E-state index is 4.98. The van der Waals surface area contributed by atoms with Crippen LogP contribution in [0.25, 0.3) is 89.2 Å². The van der Waals surface area contributed by atoms with Crippen molar-refractivity contribution in [3.05, 3.63) is 108 Å². The summed E-state index contributed by atoms with van der Waals surface area (Å²) in [6.07, 6.45) is 0. The summed E-state index contributed by atoms with van der Waals surface area (Å²) < 4.78 is 0. The zero-order chi connectivity index (χ0) is 33.4. The van der Waals surface area contributed by atoms with E-state index in [1.165, 1.54) is 0 Å². The van der Waals surface area contributed by atoms with E-state index >= 15 is 0 Å². The standard InChI is InChI=1S/C41H36N8/c1-21(2)38-42-30-10-6-24(17-34(30)46-38)26-8-12-32-36(19-26)48-40(44-32)28-14-23(5)15-29(16-28)41-45-33-13-9-27(20-37(33)49-41)25-7-11-31-35(18-25)47-39(43-31)22(3)4/h6-22H,1-5H3,(H,42,46)(H,43,47)(H,44,48)(H,45,49). The summed E-state index contributed by atoms with van der Waals surface area (Å²) in [5.41, 5.74) is 15.6. The Balaban J connectivity index is 1.03. The molecule has 4 aromatic heterocycles. The van der Waals surface area contributed by atoms with Gasteiger partial charge in [-0.3, -0.25) is 0 Å². The van der Waals surface area contributed by atoms with Crippen molar-refractivity contribution < 1.29 is 0 Å². The molecule has 4 heterocycles. The fraction of sp³-hybridized carbons (Fsp3) is 0.171. The van der Waals surface area contributed by atoms with Crippen molar-refractivity contribution >= 4 is 44.1 Å². The van der Waals surface area contributed by atoms with Crippen molar-refractivity contribution in [2.75, 3.05) is 0 Å². The highest BCUT2D eigenvalue weighted by Crippen LogP contribution is 2.32. The molecule has 0 unspecified atom stereocenters. The van der Waals surface area contributed by atoms with E-state index in [1.54, 1.807) is 0 Å². The highest BCUT2D eigenvalue weighted by molar-refractivity contribution is 5.90. The largest absolute Gasteiger partial charge is 0.342 e. The first-order valence-corrected chi connectivity index (χ1v) is 16.9. The number of hydrogen-bond acceptors (Lipinski definition) is 4. The molecule has 0 radical (unpaired) electrons. The normalized spacial score (nSPS) is 12.1. The molecule has 0 spiro atoms. The molecule has 0 aliphatic rings. The van der Waals surface area contributed by atoms with Gasteiger partial charge in [0.2, 0.25) is 0 Å². The average Bonchev–Trinajstić information content (AvgIpc) is 3.90. The smallest absolute Gasteiger partial charge is 0.138 e. The number of nitrogens with zero attached hydrogens (tertiary/aromatic N) is 4. The maximum atomic E-state index is 4.98. The zero-order valence-electron chi connectivity index (χ0n) is 28.1. The van der Waals surface area contributed by atoms with Gasteiger partial charge >= 0.3 is 0 Å². The monoisotopic (exact) mass is 640 g/mol. The van der Waals surface area contributed by atoms with E-state index < -0.39 is 0 Å². The SMILES string of the molecule is Cc1cc(-c2nc3ccc(-c4ccc5nc(C(C)C)[nH]c5c4)cc3[nH]2)cc(-c2nc3ccc(-c4ccc5nc(C(C)C)[nH]c5c4)cc3[nH]2)c1. The molecule has 8 nitrogen and oxygen atoms in total. The van der Waals surface area contributed by atoms with Crippen molar-refractivity contribution in [3.8, 4) is 45.0 Å². The minimum Gasteiger partial charge on any atom is -0.342 e. The molecule has 0 fully saturated rings. The number of aromatic nitrogens is 8. The van der Waals surface area contributed by atoms with E-state index in [0.717, 1.165) is 106 Å². The summed E-state index contributed by atoms with van der Waals surface area (Å²) in [6, 6.07) is 32.1. The topological polar surface area (TPSA) is 115 Å². The molecule has 0 saturated carbocycles. The number of benzene rings is 5. The molecule has 0 aliphatic carbocycles. The van der Waals surface area contributed by atoms with E-state index in [0.29, 0.717) is 11.8 Å². The van der Waals surface area contributed by atoms with E-state index in [4.69, 9.17) is 19.9 Å². The average molecular weight is 641 g/mol. The highest BCUT2D eigenvalue weighted by Gasteiger charge is 2.14. The molecular weight excluding hydrogens is 605 g/mol. The lowest BCUT2D eigenvalue weighted by Gasteiger charge is -2.04. The van der Waals surface area contributed by atoms with Crippen molar-refractivity contribution in [1.29, 1.82) is 0 Å². The van der Waals surface area contributed by atoms with Crippen LogP contribution in [-0.4, -0.2) is 39.9 Å². The van der Waals surface area contributed by atoms with Gasteiger partial charge < -0.3 is 19.9 Å². The van der Waals surface area contributed by atoms with Gasteiger partial charge in [0.1, 0.15) is 23.3 Å². The Morgan fingerprint density at radius 3 is 1.10 bits per heavy atom. The summed E-state index contributed by atoms with van der Waals surface area (Å²) in [5.74, 6) is 4.38. The molecule has 0 aliphatic heterocycles. The van der Waals surface area contributed by atoms with Crippen LogP contribution in [0.1, 0.15) is 56.7 Å². The van der Waals surface area contributed by atoms with Gasteiger partial charge in [-0.05, 0) is 101 Å².